The van der Waals surface area contributed by atoms with Crippen LogP contribution in [0.5, 0.6) is 5.75 Å². The number of carbonyl (C=O) groups excluding carboxylic acids is 3. The highest BCUT2D eigenvalue weighted by Gasteiger charge is 2.36. The normalized spacial score (nSPS) is 15.1. The van der Waals surface area contributed by atoms with Gasteiger partial charge in [-0.2, -0.15) is 0 Å². The second-order valence-electron chi connectivity index (χ2n) is 7.02. The molecule has 1 N–H and O–H groups in total. The maximum atomic E-state index is 13.0. The summed E-state index contributed by atoms with van der Waals surface area (Å²) in [7, 11) is 0. The van der Waals surface area contributed by atoms with Gasteiger partial charge in [-0.05, 0) is 92.1 Å². The van der Waals surface area contributed by atoms with Gasteiger partial charge in [0.15, 0.2) is 0 Å². The van der Waals surface area contributed by atoms with Gasteiger partial charge < -0.3 is 4.74 Å². The van der Waals surface area contributed by atoms with Gasteiger partial charge in [0.2, 0.25) is 0 Å². The molecule has 1 aliphatic heterocycles. The minimum Gasteiger partial charge on any atom is -0.487 e. The first kappa shape index (κ1) is 23.5. The average molecular weight is 638 g/mol. The largest absolute Gasteiger partial charge is 0.487 e. The van der Waals surface area contributed by atoms with Crippen LogP contribution >= 0.6 is 50.1 Å². The van der Waals surface area contributed by atoms with Gasteiger partial charge in [-0.25, -0.2) is 9.69 Å². The maximum absolute atomic E-state index is 13.0. The Labute approximate surface area is 216 Å². The summed E-state index contributed by atoms with van der Waals surface area (Å²) in [6, 6.07) is 18.7. The monoisotopic (exact) mass is 636 g/mol. The number of amides is 4. The minimum absolute atomic E-state index is 0.162. The molecule has 166 valence electrons. The Kier molecular flexibility index (Phi) is 7.16. The summed E-state index contributed by atoms with van der Waals surface area (Å²) in [5.41, 5.74) is 1.77. The number of anilines is 1. The number of nitrogens with zero attached hydrogens (tertiary/aromatic N) is 1. The number of halogens is 3. The summed E-state index contributed by atoms with van der Waals surface area (Å²) < 4.78 is 7.42. The first-order valence-electron chi connectivity index (χ1n) is 9.66. The summed E-state index contributed by atoms with van der Waals surface area (Å²) >= 11 is 11.5. The molecule has 0 aromatic heterocycles. The van der Waals surface area contributed by atoms with Crippen molar-refractivity contribution < 1.29 is 19.1 Å². The third-order valence-corrected chi connectivity index (χ3v) is 6.39. The van der Waals surface area contributed by atoms with Crippen LogP contribution in [0.15, 0.2) is 76.8 Å². The fourth-order valence-electron chi connectivity index (χ4n) is 3.18. The third kappa shape index (κ3) is 5.29. The lowest BCUT2D eigenvalue weighted by atomic mass is 10.1. The molecule has 1 aliphatic rings. The molecular formula is C24H15BrClIN2O4. The first-order chi connectivity index (χ1) is 15.8. The van der Waals surface area contributed by atoms with Gasteiger partial charge in [0.1, 0.15) is 17.9 Å². The summed E-state index contributed by atoms with van der Waals surface area (Å²) in [6.45, 7) is 0.398. The number of hydrogen-bond acceptors (Lipinski definition) is 4. The number of benzene rings is 3. The van der Waals surface area contributed by atoms with Crippen LogP contribution in [0.3, 0.4) is 0 Å². The molecule has 0 spiro atoms. The molecule has 0 aliphatic carbocycles. The highest BCUT2D eigenvalue weighted by atomic mass is 127. The highest BCUT2D eigenvalue weighted by molar-refractivity contribution is 14.1. The standard InChI is InChI=1S/C24H15BrClIN2O4/c25-19-11-15(12-20(27)21(19)33-13-14-4-2-1-3-5-14)10-18-22(30)28-24(32)29(23(18)31)17-8-6-16(26)7-9-17/h1-12H,13H2,(H,28,30,32)/b18-10+. The van der Waals surface area contributed by atoms with E-state index in [9.17, 15) is 14.4 Å². The maximum Gasteiger partial charge on any atom is 0.335 e. The van der Waals surface area contributed by atoms with Crippen LogP contribution < -0.4 is 15.0 Å². The van der Waals surface area contributed by atoms with Gasteiger partial charge in [0, 0.05) is 5.02 Å². The number of hydrogen-bond donors (Lipinski definition) is 1. The lowest BCUT2D eigenvalue weighted by molar-refractivity contribution is -0.122. The zero-order valence-electron chi connectivity index (χ0n) is 16.8. The highest BCUT2D eigenvalue weighted by Crippen LogP contribution is 2.34. The summed E-state index contributed by atoms with van der Waals surface area (Å²) in [5.74, 6) is -0.827. The molecule has 0 unspecified atom stereocenters. The molecule has 3 aromatic rings. The molecule has 33 heavy (non-hydrogen) atoms. The molecular weight excluding hydrogens is 623 g/mol. The van der Waals surface area contributed by atoms with Crippen LogP contribution in [0.2, 0.25) is 5.02 Å². The van der Waals surface area contributed by atoms with E-state index in [0.29, 0.717) is 33.1 Å². The van der Waals surface area contributed by atoms with Crippen molar-refractivity contribution in [1.29, 1.82) is 0 Å². The molecule has 0 atom stereocenters. The van der Waals surface area contributed by atoms with Gasteiger partial charge in [-0.3, -0.25) is 14.9 Å². The van der Waals surface area contributed by atoms with E-state index in [1.807, 2.05) is 30.3 Å². The predicted octanol–water partition coefficient (Wildman–Crippen LogP) is 5.95. The Hall–Kier alpha value is -2.69. The zero-order chi connectivity index (χ0) is 23.5. The van der Waals surface area contributed by atoms with Crippen molar-refractivity contribution >= 4 is 79.7 Å². The molecule has 0 bridgehead atoms. The Morgan fingerprint density at radius 3 is 2.39 bits per heavy atom. The lowest BCUT2D eigenvalue weighted by Crippen LogP contribution is -2.54. The van der Waals surface area contributed by atoms with Gasteiger partial charge in [-0.1, -0.05) is 41.9 Å². The molecule has 0 radical (unpaired) electrons. The molecule has 1 heterocycles. The number of nitrogens with one attached hydrogen (secondary N) is 1. The van der Waals surface area contributed by atoms with Gasteiger partial charge in [0.05, 0.1) is 13.7 Å². The van der Waals surface area contributed by atoms with E-state index in [1.54, 1.807) is 24.3 Å². The second-order valence-corrected chi connectivity index (χ2v) is 9.48. The topological polar surface area (TPSA) is 75.7 Å². The second kappa shape index (κ2) is 10.1. The zero-order valence-corrected chi connectivity index (χ0v) is 21.3. The van der Waals surface area contributed by atoms with E-state index < -0.39 is 17.8 Å². The van der Waals surface area contributed by atoms with E-state index in [1.165, 1.54) is 18.2 Å². The number of carbonyl (C=O) groups is 3. The van der Waals surface area contributed by atoms with Crippen molar-refractivity contribution in [3.63, 3.8) is 0 Å². The Balaban J connectivity index is 1.61. The lowest BCUT2D eigenvalue weighted by Gasteiger charge is -2.26. The summed E-state index contributed by atoms with van der Waals surface area (Å²) in [6.07, 6.45) is 1.45. The molecule has 6 nitrogen and oxygen atoms in total. The Bertz CT molecular complexity index is 1260. The number of rotatable bonds is 5. The molecule has 1 saturated heterocycles. The van der Waals surface area contributed by atoms with Crippen LogP contribution in [-0.4, -0.2) is 17.8 Å². The van der Waals surface area contributed by atoms with Crippen LogP contribution in [0, 0.1) is 3.57 Å². The number of ether oxygens (including phenoxy) is 1. The summed E-state index contributed by atoms with van der Waals surface area (Å²) in [5, 5.41) is 2.67. The van der Waals surface area contributed by atoms with Crippen LogP contribution in [0.4, 0.5) is 10.5 Å². The smallest absolute Gasteiger partial charge is 0.335 e. The number of imide groups is 2. The van der Waals surface area contributed by atoms with Gasteiger partial charge in [-0.15, -0.1) is 0 Å². The van der Waals surface area contributed by atoms with Crippen molar-refractivity contribution in [2.45, 2.75) is 6.61 Å². The number of urea groups is 1. The van der Waals surface area contributed by atoms with Crippen LogP contribution in [0.25, 0.3) is 6.08 Å². The van der Waals surface area contributed by atoms with Crippen molar-refractivity contribution in [1.82, 2.24) is 5.32 Å². The fourth-order valence-corrected chi connectivity index (χ4v) is 5.07. The molecule has 0 saturated carbocycles. The molecule has 9 heteroatoms. The fraction of sp³-hybridized carbons (Fsp3) is 0.0417. The predicted molar refractivity (Wildman–Crippen MR) is 138 cm³/mol. The SMILES string of the molecule is O=C1NC(=O)N(c2ccc(Cl)cc2)C(=O)/C1=C/c1cc(Br)c(OCc2ccccc2)c(I)c1. The van der Waals surface area contributed by atoms with Crippen molar-refractivity contribution in [3.05, 3.63) is 96.5 Å². The quantitative estimate of drug-likeness (QED) is 0.213. The van der Waals surface area contributed by atoms with Gasteiger partial charge >= 0.3 is 6.03 Å². The molecule has 1 fully saturated rings. The molecule has 4 rings (SSSR count). The molecule has 3 aromatic carbocycles. The minimum atomic E-state index is -0.815. The van der Waals surface area contributed by atoms with E-state index in [2.05, 4.69) is 43.8 Å². The summed E-state index contributed by atoms with van der Waals surface area (Å²) in [4.78, 5) is 38.7. The van der Waals surface area contributed by atoms with Crippen LogP contribution in [-0.2, 0) is 16.2 Å². The van der Waals surface area contributed by atoms with E-state index in [-0.39, 0.29) is 5.57 Å². The van der Waals surface area contributed by atoms with E-state index >= 15 is 0 Å². The van der Waals surface area contributed by atoms with Gasteiger partial charge in [0.25, 0.3) is 11.8 Å². The molecule has 4 amide bonds. The third-order valence-electron chi connectivity index (χ3n) is 4.74. The van der Waals surface area contributed by atoms with Crippen LogP contribution in [0.1, 0.15) is 11.1 Å². The number of barbiturate groups is 1. The van der Waals surface area contributed by atoms with Crippen molar-refractivity contribution in [3.8, 4) is 5.75 Å². The Morgan fingerprint density at radius 1 is 1.03 bits per heavy atom. The average Bonchev–Trinajstić information content (AvgIpc) is 2.78. The van der Waals surface area contributed by atoms with Crippen molar-refractivity contribution in [2.24, 2.45) is 0 Å². The first-order valence-corrected chi connectivity index (χ1v) is 11.9. The van der Waals surface area contributed by atoms with Crippen molar-refractivity contribution in [2.75, 3.05) is 4.90 Å². The van der Waals surface area contributed by atoms with E-state index in [4.69, 9.17) is 16.3 Å². The van der Waals surface area contributed by atoms with E-state index in [0.717, 1.165) is 14.0 Å². The Morgan fingerprint density at radius 2 is 1.73 bits per heavy atom.